The Morgan fingerprint density at radius 2 is 1.90 bits per heavy atom. The molecule has 168 valence electrons. The number of fused-ring (bicyclic) bond motifs is 5. The highest BCUT2D eigenvalue weighted by Crippen LogP contribution is 2.66. The molecule has 7 atom stereocenters. The van der Waals surface area contributed by atoms with Crippen molar-refractivity contribution in [3.05, 3.63) is 34.9 Å². The Labute approximate surface area is 186 Å². The molecular formula is C29H46O. The summed E-state index contributed by atoms with van der Waals surface area (Å²) in [5, 5.41) is 9.57. The van der Waals surface area contributed by atoms with Crippen LogP contribution in [-0.2, 0) is 0 Å². The lowest BCUT2D eigenvalue weighted by Gasteiger charge is -2.54. The Balaban J connectivity index is 1.50. The Morgan fingerprint density at radius 1 is 1.10 bits per heavy atom. The third-order valence-electron chi connectivity index (χ3n) is 10.4. The van der Waals surface area contributed by atoms with Gasteiger partial charge in [-0.1, -0.05) is 69.1 Å². The summed E-state index contributed by atoms with van der Waals surface area (Å²) in [5.41, 5.74) is 6.03. The van der Waals surface area contributed by atoms with E-state index in [0.717, 1.165) is 30.1 Å². The Bertz CT molecular complexity index is 727. The van der Waals surface area contributed by atoms with Crippen LogP contribution in [-0.4, -0.2) is 11.7 Å². The van der Waals surface area contributed by atoms with Gasteiger partial charge >= 0.3 is 0 Å². The van der Waals surface area contributed by atoms with Gasteiger partial charge in [0.15, 0.2) is 0 Å². The molecule has 30 heavy (non-hydrogen) atoms. The second-order valence-electron chi connectivity index (χ2n) is 11.8. The highest BCUT2D eigenvalue weighted by Gasteiger charge is 2.56. The lowest BCUT2D eigenvalue weighted by atomic mass is 9.50. The van der Waals surface area contributed by atoms with Crippen molar-refractivity contribution in [2.75, 3.05) is 6.61 Å². The molecule has 1 heteroatoms. The molecule has 0 amide bonds. The molecule has 0 aromatic rings. The standard InChI is InChI=1S/C29H46O/c1-6-22(21(3)19-30)11-10-20(2)25-14-15-26-24-13-12-23-9-7-8-17-28(23,4)27(24)16-18-29(25,26)5/h6,12-13,20-21,25-27,30H,7-11,14-19H2,1-5H3/b22-6-/t20-,21?,25-,26+,27+,28+,29-/m1/s1. The molecular weight excluding hydrogens is 364 g/mol. The van der Waals surface area contributed by atoms with Gasteiger partial charge in [0.25, 0.3) is 0 Å². The van der Waals surface area contributed by atoms with E-state index < -0.39 is 0 Å². The van der Waals surface area contributed by atoms with Gasteiger partial charge in [-0.2, -0.15) is 0 Å². The molecule has 1 nitrogen and oxygen atoms in total. The fourth-order valence-electron chi connectivity index (χ4n) is 8.40. The van der Waals surface area contributed by atoms with Crippen LogP contribution in [0, 0.1) is 40.4 Å². The minimum Gasteiger partial charge on any atom is -0.396 e. The van der Waals surface area contributed by atoms with Gasteiger partial charge in [-0.15, -0.1) is 0 Å². The molecule has 0 heterocycles. The van der Waals surface area contributed by atoms with E-state index >= 15 is 0 Å². The molecule has 4 aliphatic rings. The molecule has 4 rings (SSSR count). The first-order valence-corrected chi connectivity index (χ1v) is 13.0. The van der Waals surface area contributed by atoms with Crippen LogP contribution < -0.4 is 0 Å². The maximum absolute atomic E-state index is 9.57. The summed E-state index contributed by atoms with van der Waals surface area (Å²) in [6, 6.07) is 0. The smallest absolute Gasteiger partial charge is 0.0493 e. The Kier molecular flexibility index (Phi) is 6.42. The Morgan fingerprint density at radius 3 is 2.63 bits per heavy atom. The lowest BCUT2D eigenvalue weighted by molar-refractivity contribution is 0.0482. The predicted octanol–water partition coefficient (Wildman–Crippen LogP) is 7.87. The summed E-state index contributed by atoms with van der Waals surface area (Å²) < 4.78 is 0. The van der Waals surface area contributed by atoms with Crippen molar-refractivity contribution >= 4 is 0 Å². The van der Waals surface area contributed by atoms with Gasteiger partial charge in [0, 0.05) is 12.5 Å². The van der Waals surface area contributed by atoms with E-state index in [1.165, 1.54) is 63.4 Å². The molecule has 0 aliphatic heterocycles. The summed E-state index contributed by atoms with van der Waals surface area (Å²) >= 11 is 0. The van der Waals surface area contributed by atoms with Crippen molar-refractivity contribution in [1.29, 1.82) is 0 Å². The van der Waals surface area contributed by atoms with Crippen LogP contribution in [0.5, 0.6) is 0 Å². The highest BCUT2D eigenvalue weighted by atomic mass is 16.3. The number of aliphatic hydroxyl groups is 1. The van der Waals surface area contributed by atoms with Crippen molar-refractivity contribution in [2.24, 2.45) is 40.4 Å². The van der Waals surface area contributed by atoms with Gasteiger partial charge in [-0.3, -0.25) is 0 Å². The predicted molar refractivity (Wildman–Crippen MR) is 128 cm³/mol. The van der Waals surface area contributed by atoms with Crippen LogP contribution in [0.2, 0.25) is 0 Å². The molecule has 0 aromatic heterocycles. The van der Waals surface area contributed by atoms with Gasteiger partial charge in [0.05, 0.1) is 0 Å². The number of allylic oxidation sites excluding steroid dienone is 5. The minimum absolute atomic E-state index is 0.279. The molecule has 4 aliphatic carbocycles. The zero-order chi connectivity index (χ0) is 21.5. The van der Waals surface area contributed by atoms with E-state index in [4.69, 9.17) is 0 Å². The van der Waals surface area contributed by atoms with Crippen LogP contribution in [0.25, 0.3) is 0 Å². The van der Waals surface area contributed by atoms with Crippen LogP contribution in [0.15, 0.2) is 34.9 Å². The van der Waals surface area contributed by atoms with Gasteiger partial charge < -0.3 is 5.11 Å². The normalized spacial score (nSPS) is 40.6. The third-order valence-corrected chi connectivity index (χ3v) is 10.4. The van der Waals surface area contributed by atoms with Gasteiger partial charge in [-0.05, 0) is 99.2 Å². The van der Waals surface area contributed by atoms with Crippen LogP contribution in [0.4, 0.5) is 0 Å². The first-order valence-electron chi connectivity index (χ1n) is 13.0. The second-order valence-corrected chi connectivity index (χ2v) is 11.8. The molecule has 0 spiro atoms. The van der Waals surface area contributed by atoms with Crippen LogP contribution >= 0.6 is 0 Å². The fraction of sp³-hybridized carbons (Fsp3) is 0.793. The number of hydrogen-bond acceptors (Lipinski definition) is 1. The van der Waals surface area contributed by atoms with Crippen molar-refractivity contribution in [3.8, 4) is 0 Å². The van der Waals surface area contributed by atoms with Crippen molar-refractivity contribution in [3.63, 3.8) is 0 Å². The van der Waals surface area contributed by atoms with E-state index in [1.807, 2.05) is 5.57 Å². The summed E-state index contributed by atoms with van der Waals surface area (Å²) in [6.07, 6.45) is 21.1. The van der Waals surface area contributed by atoms with Gasteiger partial charge in [0.2, 0.25) is 0 Å². The second kappa shape index (κ2) is 8.61. The fourth-order valence-corrected chi connectivity index (χ4v) is 8.40. The topological polar surface area (TPSA) is 20.2 Å². The van der Waals surface area contributed by atoms with E-state index in [2.05, 4.69) is 52.8 Å². The van der Waals surface area contributed by atoms with E-state index in [0.29, 0.717) is 16.7 Å². The van der Waals surface area contributed by atoms with Gasteiger partial charge in [0.1, 0.15) is 0 Å². The monoisotopic (exact) mass is 410 g/mol. The maximum atomic E-state index is 9.57. The molecule has 3 fully saturated rings. The van der Waals surface area contributed by atoms with Crippen molar-refractivity contribution in [2.45, 2.75) is 98.8 Å². The molecule has 1 unspecified atom stereocenters. The summed E-state index contributed by atoms with van der Waals surface area (Å²) in [6.45, 7) is 12.4. The number of aliphatic hydroxyl groups excluding tert-OH is 1. The van der Waals surface area contributed by atoms with Crippen LogP contribution in [0.1, 0.15) is 98.8 Å². The van der Waals surface area contributed by atoms with Crippen LogP contribution in [0.3, 0.4) is 0 Å². The highest BCUT2D eigenvalue weighted by molar-refractivity contribution is 5.38. The van der Waals surface area contributed by atoms with E-state index in [-0.39, 0.29) is 6.61 Å². The quantitative estimate of drug-likeness (QED) is 0.442. The van der Waals surface area contributed by atoms with Crippen molar-refractivity contribution in [1.82, 2.24) is 0 Å². The summed E-state index contributed by atoms with van der Waals surface area (Å²) in [4.78, 5) is 0. The first-order chi connectivity index (χ1) is 14.3. The molecule has 0 aromatic carbocycles. The molecule has 0 saturated heterocycles. The zero-order valence-electron chi connectivity index (χ0n) is 20.3. The molecule has 1 N–H and O–H groups in total. The number of rotatable bonds is 6. The maximum Gasteiger partial charge on any atom is 0.0493 e. The SMILES string of the molecule is C/C=C(/CC[C@@H](C)[C@H]1CC[C@H]2C3=CC=C4CCCC[C@]4(C)[C@H]3CC[C@]12C)C(C)CO. The Hall–Kier alpha value is -0.820. The largest absolute Gasteiger partial charge is 0.396 e. The third kappa shape index (κ3) is 3.58. The zero-order valence-corrected chi connectivity index (χ0v) is 20.3. The first kappa shape index (κ1) is 22.4. The molecule has 3 saturated carbocycles. The molecule has 0 bridgehead atoms. The summed E-state index contributed by atoms with van der Waals surface area (Å²) in [5.74, 6) is 3.59. The van der Waals surface area contributed by atoms with E-state index in [9.17, 15) is 5.11 Å². The van der Waals surface area contributed by atoms with E-state index in [1.54, 1.807) is 5.57 Å². The van der Waals surface area contributed by atoms with Gasteiger partial charge in [-0.25, -0.2) is 0 Å². The lowest BCUT2D eigenvalue weighted by Crippen LogP contribution is -2.45. The summed E-state index contributed by atoms with van der Waals surface area (Å²) in [7, 11) is 0. The average Bonchev–Trinajstić information content (AvgIpc) is 3.10. The molecule has 0 radical (unpaired) electrons. The number of hydrogen-bond donors (Lipinski definition) is 1. The van der Waals surface area contributed by atoms with Crippen molar-refractivity contribution < 1.29 is 5.11 Å². The average molecular weight is 411 g/mol. The minimum atomic E-state index is 0.279.